The molecule has 0 amide bonds. The van der Waals surface area contributed by atoms with Crippen LogP contribution in [0.1, 0.15) is 24.5 Å². The largest absolute Gasteiger partial charge is 0.270 e. The molecule has 3 aromatic heterocycles. The Bertz CT molecular complexity index is 685. The Balaban J connectivity index is 1.87. The van der Waals surface area contributed by atoms with Crippen LogP contribution in [0.15, 0.2) is 43.0 Å². The first-order valence-corrected chi connectivity index (χ1v) is 6.56. The van der Waals surface area contributed by atoms with Gasteiger partial charge >= 0.3 is 0 Å². The number of aryl methyl sites for hydroxylation is 1. The van der Waals surface area contributed by atoms with E-state index in [1.165, 1.54) is 0 Å². The van der Waals surface area contributed by atoms with Gasteiger partial charge in [-0.25, -0.2) is 9.97 Å². The zero-order chi connectivity index (χ0) is 13.9. The monoisotopic (exact) mass is 268 g/mol. The molecule has 3 aromatic rings. The van der Waals surface area contributed by atoms with Crippen LogP contribution in [0, 0.1) is 6.92 Å². The molecule has 0 bridgehead atoms. The van der Waals surface area contributed by atoms with Crippen molar-refractivity contribution in [1.82, 2.24) is 29.5 Å². The third-order valence-corrected chi connectivity index (χ3v) is 3.16. The van der Waals surface area contributed by atoms with E-state index in [1.807, 2.05) is 42.1 Å². The van der Waals surface area contributed by atoms with E-state index < -0.39 is 0 Å². The summed E-state index contributed by atoms with van der Waals surface area (Å²) in [5, 5.41) is 8.53. The number of nitrogens with zero attached hydrogens (tertiary/aromatic N) is 6. The van der Waals surface area contributed by atoms with E-state index in [2.05, 4.69) is 27.1 Å². The van der Waals surface area contributed by atoms with Crippen molar-refractivity contribution in [2.75, 3.05) is 0 Å². The fourth-order valence-electron chi connectivity index (χ4n) is 2.14. The van der Waals surface area contributed by atoms with Gasteiger partial charge in [0, 0.05) is 24.5 Å². The predicted molar refractivity (Wildman–Crippen MR) is 74.5 cm³/mol. The van der Waals surface area contributed by atoms with Crippen LogP contribution in [0.4, 0.5) is 0 Å². The van der Waals surface area contributed by atoms with Crippen LogP contribution in [0.5, 0.6) is 0 Å². The van der Waals surface area contributed by atoms with E-state index in [9.17, 15) is 0 Å². The number of rotatable bonds is 4. The SMILES string of the molecule is Cc1cccc(-n2ncnc2C[C@@H](C)n2cccn2)n1. The van der Waals surface area contributed by atoms with Gasteiger partial charge in [-0.15, -0.1) is 0 Å². The van der Waals surface area contributed by atoms with Crippen LogP contribution in [0.2, 0.25) is 0 Å². The van der Waals surface area contributed by atoms with Gasteiger partial charge in [0.25, 0.3) is 0 Å². The Labute approximate surface area is 117 Å². The lowest BCUT2D eigenvalue weighted by Gasteiger charge is -2.12. The van der Waals surface area contributed by atoms with Crippen molar-refractivity contribution in [3.63, 3.8) is 0 Å². The second kappa shape index (κ2) is 5.24. The molecular weight excluding hydrogens is 252 g/mol. The predicted octanol–water partition coefficient (Wildman–Crippen LogP) is 1.97. The normalized spacial score (nSPS) is 12.5. The summed E-state index contributed by atoms with van der Waals surface area (Å²) in [5.74, 6) is 1.68. The summed E-state index contributed by atoms with van der Waals surface area (Å²) in [5.41, 5.74) is 0.962. The molecule has 102 valence electrons. The highest BCUT2D eigenvalue weighted by Gasteiger charge is 2.13. The number of hydrogen-bond donors (Lipinski definition) is 0. The summed E-state index contributed by atoms with van der Waals surface area (Å²) in [6.45, 7) is 4.07. The minimum absolute atomic E-state index is 0.220. The number of aromatic nitrogens is 6. The van der Waals surface area contributed by atoms with Crippen LogP contribution in [-0.4, -0.2) is 29.5 Å². The minimum Gasteiger partial charge on any atom is -0.270 e. The van der Waals surface area contributed by atoms with Crippen LogP contribution < -0.4 is 0 Å². The molecule has 0 saturated carbocycles. The molecule has 0 radical (unpaired) electrons. The third kappa shape index (κ3) is 2.45. The first-order valence-electron chi connectivity index (χ1n) is 6.56. The van der Waals surface area contributed by atoms with Crippen LogP contribution in [0.3, 0.4) is 0 Å². The second-order valence-electron chi connectivity index (χ2n) is 4.76. The van der Waals surface area contributed by atoms with Crippen molar-refractivity contribution in [3.05, 3.63) is 54.5 Å². The molecule has 0 spiro atoms. The molecule has 0 saturated heterocycles. The molecular formula is C14H16N6. The van der Waals surface area contributed by atoms with E-state index in [0.29, 0.717) is 0 Å². The highest BCUT2D eigenvalue weighted by molar-refractivity contribution is 5.24. The Morgan fingerprint density at radius 1 is 1.20 bits per heavy atom. The molecule has 0 unspecified atom stereocenters. The molecule has 3 rings (SSSR count). The first-order chi connectivity index (χ1) is 9.74. The van der Waals surface area contributed by atoms with E-state index in [4.69, 9.17) is 0 Å². The van der Waals surface area contributed by atoms with Gasteiger partial charge in [-0.05, 0) is 32.0 Å². The smallest absolute Gasteiger partial charge is 0.155 e. The summed E-state index contributed by atoms with van der Waals surface area (Å²) in [4.78, 5) is 8.83. The van der Waals surface area contributed by atoms with Gasteiger partial charge in [-0.2, -0.15) is 14.9 Å². The second-order valence-corrected chi connectivity index (χ2v) is 4.76. The average Bonchev–Trinajstić information content (AvgIpc) is 3.09. The third-order valence-electron chi connectivity index (χ3n) is 3.16. The molecule has 0 fully saturated rings. The Kier molecular flexibility index (Phi) is 3.28. The van der Waals surface area contributed by atoms with Gasteiger partial charge in [0.1, 0.15) is 12.2 Å². The standard InChI is InChI=1S/C14H16N6/c1-11-5-3-6-13(18-11)20-14(15-10-17-20)9-12(2)19-8-4-7-16-19/h3-8,10,12H,9H2,1-2H3/t12-/m1/s1. The average molecular weight is 268 g/mol. The summed E-state index contributed by atoms with van der Waals surface area (Å²) >= 11 is 0. The van der Waals surface area contributed by atoms with Gasteiger partial charge in [0.05, 0.1) is 6.04 Å². The molecule has 6 heteroatoms. The van der Waals surface area contributed by atoms with Crippen LogP contribution >= 0.6 is 0 Å². The molecule has 20 heavy (non-hydrogen) atoms. The first kappa shape index (κ1) is 12.5. The van der Waals surface area contributed by atoms with E-state index in [1.54, 1.807) is 17.2 Å². The Morgan fingerprint density at radius 3 is 2.85 bits per heavy atom. The lowest BCUT2D eigenvalue weighted by Crippen LogP contribution is -2.13. The van der Waals surface area contributed by atoms with Crippen molar-refractivity contribution in [2.45, 2.75) is 26.3 Å². The van der Waals surface area contributed by atoms with Crippen molar-refractivity contribution >= 4 is 0 Å². The van der Waals surface area contributed by atoms with E-state index in [0.717, 1.165) is 23.8 Å². The van der Waals surface area contributed by atoms with E-state index >= 15 is 0 Å². The summed E-state index contributed by atoms with van der Waals surface area (Å²) in [6.07, 6.45) is 6.05. The van der Waals surface area contributed by atoms with Gasteiger partial charge in [-0.3, -0.25) is 4.68 Å². The molecule has 0 aliphatic heterocycles. The Hall–Kier alpha value is -2.50. The highest BCUT2D eigenvalue weighted by Crippen LogP contribution is 2.13. The van der Waals surface area contributed by atoms with Gasteiger partial charge < -0.3 is 0 Å². The number of hydrogen-bond acceptors (Lipinski definition) is 4. The molecule has 0 aliphatic rings. The quantitative estimate of drug-likeness (QED) is 0.725. The lowest BCUT2D eigenvalue weighted by atomic mass is 10.2. The van der Waals surface area contributed by atoms with Crippen molar-refractivity contribution < 1.29 is 0 Å². The van der Waals surface area contributed by atoms with Gasteiger partial charge in [0.15, 0.2) is 5.82 Å². The maximum atomic E-state index is 4.48. The fraction of sp³-hybridized carbons (Fsp3) is 0.286. The summed E-state index contributed by atoms with van der Waals surface area (Å²) < 4.78 is 3.70. The van der Waals surface area contributed by atoms with Crippen LogP contribution in [0.25, 0.3) is 5.82 Å². The molecule has 0 N–H and O–H groups in total. The van der Waals surface area contributed by atoms with E-state index in [-0.39, 0.29) is 6.04 Å². The molecule has 3 heterocycles. The molecule has 0 aromatic carbocycles. The summed E-state index contributed by atoms with van der Waals surface area (Å²) in [6, 6.07) is 8.01. The van der Waals surface area contributed by atoms with Crippen molar-refractivity contribution in [2.24, 2.45) is 0 Å². The molecule has 1 atom stereocenters. The zero-order valence-electron chi connectivity index (χ0n) is 11.5. The topological polar surface area (TPSA) is 61.4 Å². The molecule has 6 nitrogen and oxygen atoms in total. The van der Waals surface area contributed by atoms with Gasteiger partial charge in [-0.1, -0.05) is 6.07 Å². The maximum Gasteiger partial charge on any atom is 0.155 e. The number of pyridine rings is 1. The summed E-state index contributed by atoms with van der Waals surface area (Å²) in [7, 11) is 0. The fourth-order valence-corrected chi connectivity index (χ4v) is 2.14. The van der Waals surface area contributed by atoms with Crippen LogP contribution in [-0.2, 0) is 6.42 Å². The van der Waals surface area contributed by atoms with Crippen molar-refractivity contribution in [1.29, 1.82) is 0 Å². The lowest BCUT2D eigenvalue weighted by molar-refractivity contribution is 0.473. The van der Waals surface area contributed by atoms with Crippen molar-refractivity contribution in [3.8, 4) is 5.82 Å². The Morgan fingerprint density at radius 2 is 2.10 bits per heavy atom. The zero-order valence-corrected chi connectivity index (χ0v) is 11.5. The minimum atomic E-state index is 0.220. The van der Waals surface area contributed by atoms with Gasteiger partial charge in [0.2, 0.25) is 0 Å². The maximum absolute atomic E-state index is 4.48. The molecule has 0 aliphatic carbocycles. The highest BCUT2D eigenvalue weighted by atomic mass is 15.4.